The van der Waals surface area contributed by atoms with Crippen LogP contribution in [0.25, 0.3) is 0 Å². The van der Waals surface area contributed by atoms with Gasteiger partial charge in [-0.2, -0.15) is 5.10 Å². The second-order valence-electron chi connectivity index (χ2n) is 6.68. The number of hydrogen-bond donors (Lipinski definition) is 3. The van der Waals surface area contributed by atoms with Gasteiger partial charge in [0.2, 0.25) is 5.91 Å². The summed E-state index contributed by atoms with van der Waals surface area (Å²) in [6.07, 6.45) is 4.15. The maximum atomic E-state index is 13.0. The molecule has 164 valence electrons. The van der Waals surface area contributed by atoms with Crippen LogP contribution in [0.15, 0.2) is 72.0 Å². The minimum absolute atomic E-state index is 0. The van der Waals surface area contributed by atoms with Crippen LogP contribution in [0.3, 0.4) is 0 Å². The number of guanidine groups is 1. The fourth-order valence-corrected chi connectivity index (χ4v) is 2.88. The molecule has 3 rings (SSSR count). The molecule has 1 heterocycles. The number of rotatable bonds is 8. The van der Waals surface area contributed by atoms with Gasteiger partial charge in [-0.3, -0.25) is 14.5 Å². The Labute approximate surface area is 198 Å². The zero-order valence-electron chi connectivity index (χ0n) is 17.2. The number of anilines is 1. The quantitative estimate of drug-likeness (QED) is 0.235. The minimum Gasteiger partial charge on any atom is -0.356 e. The van der Waals surface area contributed by atoms with Gasteiger partial charge in [0.25, 0.3) is 0 Å². The van der Waals surface area contributed by atoms with Gasteiger partial charge in [-0.15, -0.1) is 24.0 Å². The van der Waals surface area contributed by atoms with Crippen molar-refractivity contribution in [2.75, 3.05) is 18.9 Å². The van der Waals surface area contributed by atoms with E-state index in [1.54, 1.807) is 42.3 Å². The SMILES string of the molecule is CN=C(NCCc1ccc(F)cc1)NCc1cccc(NC(=O)Cn2cccn2)c1.I. The molecule has 31 heavy (non-hydrogen) atoms. The van der Waals surface area contributed by atoms with E-state index in [9.17, 15) is 9.18 Å². The van der Waals surface area contributed by atoms with Crippen molar-refractivity contribution in [2.24, 2.45) is 4.99 Å². The van der Waals surface area contributed by atoms with Crippen molar-refractivity contribution in [1.82, 2.24) is 20.4 Å². The molecule has 0 aliphatic carbocycles. The van der Waals surface area contributed by atoms with Gasteiger partial charge in [-0.05, 0) is 47.9 Å². The van der Waals surface area contributed by atoms with Crippen molar-refractivity contribution in [1.29, 1.82) is 0 Å². The standard InChI is InChI=1S/C22H25FN6O.HI/c1-24-22(25-12-10-17-6-8-19(23)9-7-17)26-15-18-4-2-5-20(14-18)28-21(30)16-29-13-3-11-27-29;/h2-9,11,13-14H,10,12,15-16H2,1H3,(H,28,30)(H2,24,25,26);1H. The zero-order chi connectivity index (χ0) is 21.2. The molecule has 3 aromatic rings. The number of benzene rings is 2. The summed E-state index contributed by atoms with van der Waals surface area (Å²) in [4.78, 5) is 16.3. The molecule has 0 radical (unpaired) electrons. The third-order valence-electron chi connectivity index (χ3n) is 4.38. The van der Waals surface area contributed by atoms with Gasteiger partial charge in [0.1, 0.15) is 12.4 Å². The van der Waals surface area contributed by atoms with Crippen LogP contribution in [0.1, 0.15) is 11.1 Å². The van der Waals surface area contributed by atoms with Gasteiger partial charge < -0.3 is 16.0 Å². The Morgan fingerprint density at radius 2 is 1.90 bits per heavy atom. The van der Waals surface area contributed by atoms with Crippen LogP contribution in [0, 0.1) is 5.82 Å². The van der Waals surface area contributed by atoms with Crippen LogP contribution in [-0.2, 0) is 24.3 Å². The predicted octanol–water partition coefficient (Wildman–Crippen LogP) is 3.19. The topological polar surface area (TPSA) is 83.3 Å². The van der Waals surface area contributed by atoms with Gasteiger partial charge in [-0.1, -0.05) is 24.3 Å². The summed E-state index contributed by atoms with van der Waals surface area (Å²) in [6, 6.07) is 15.9. The molecule has 3 N–H and O–H groups in total. The average Bonchev–Trinajstić information content (AvgIpc) is 3.25. The predicted molar refractivity (Wildman–Crippen MR) is 131 cm³/mol. The first-order valence-electron chi connectivity index (χ1n) is 9.67. The van der Waals surface area contributed by atoms with E-state index in [2.05, 4.69) is 26.0 Å². The Morgan fingerprint density at radius 1 is 1.10 bits per heavy atom. The minimum atomic E-state index is -0.232. The summed E-state index contributed by atoms with van der Waals surface area (Å²) in [5.41, 5.74) is 2.79. The monoisotopic (exact) mass is 536 g/mol. The maximum Gasteiger partial charge on any atom is 0.246 e. The Morgan fingerprint density at radius 3 is 2.61 bits per heavy atom. The number of aliphatic imine (C=N–C) groups is 1. The van der Waals surface area contributed by atoms with Crippen molar-refractivity contribution in [3.05, 3.63) is 83.9 Å². The summed E-state index contributed by atoms with van der Waals surface area (Å²) < 4.78 is 14.5. The number of amides is 1. The van der Waals surface area contributed by atoms with Crippen molar-refractivity contribution < 1.29 is 9.18 Å². The molecule has 9 heteroatoms. The Balaban J connectivity index is 0.00000341. The number of hydrogen-bond acceptors (Lipinski definition) is 3. The lowest BCUT2D eigenvalue weighted by Gasteiger charge is -2.13. The van der Waals surface area contributed by atoms with Crippen molar-refractivity contribution in [3.63, 3.8) is 0 Å². The second kappa shape index (κ2) is 12.7. The highest BCUT2D eigenvalue weighted by atomic mass is 127. The molecule has 2 aromatic carbocycles. The fraction of sp³-hybridized carbons (Fsp3) is 0.227. The molecule has 0 saturated heterocycles. The summed E-state index contributed by atoms with van der Waals surface area (Å²) in [5.74, 6) is 0.302. The second-order valence-corrected chi connectivity index (χ2v) is 6.68. The number of nitrogens with one attached hydrogen (secondary N) is 3. The van der Waals surface area contributed by atoms with E-state index in [4.69, 9.17) is 0 Å². The molecule has 0 aliphatic heterocycles. The first kappa shape index (κ1) is 24.3. The van der Waals surface area contributed by atoms with Gasteiger partial charge in [-0.25, -0.2) is 4.39 Å². The lowest BCUT2D eigenvalue weighted by molar-refractivity contribution is -0.116. The molecule has 1 aromatic heterocycles. The number of carbonyl (C=O) groups excluding carboxylic acids is 1. The van der Waals surface area contributed by atoms with Crippen LogP contribution >= 0.6 is 24.0 Å². The molecule has 0 fully saturated rings. The smallest absolute Gasteiger partial charge is 0.246 e. The van der Waals surface area contributed by atoms with Gasteiger partial charge in [0.05, 0.1) is 0 Å². The molecule has 0 bridgehead atoms. The molecule has 7 nitrogen and oxygen atoms in total. The molecular formula is C22H26FIN6O. The summed E-state index contributed by atoms with van der Waals surface area (Å²) >= 11 is 0. The first-order valence-corrected chi connectivity index (χ1v) is 9.67. The number of nitrogens with zero attached hydrogens (tertiary/aromatic N) is 3. The van der Waals surface area contributed by atoms with E-state index < -0.39 is 0 Å². The van der Waals surface area contributed by atoms with Crippen LogP contribution in [0.2, 0.25) is 0 Å². The van der Waals surface area contributed by atoms with E-state index in [1.807, 2.05) is 24.3 Å². The van der Waals surface area contributed by atoms with E-state index in [1.165, 1.54) is 12.1 Å². The van der Waals surface area contributed by atoms with E-state index in [0.29, 0.717) is 19.0 Å². The molecular weight excluding hydrogens is 510 g/mol. The van der Waals surface area contributed by atoms with Crippen LogP contribution < -0.4 is 16.0 Å². The van der Waals surface area contributed by atoms with E-state index >= 15 is 0 Å². The molecule has 0 unspecified atom stereocenters. The largest absolute Gasteiger partial charge is 0.356 e. The number of halogens is 2. The first-order chi connectivity index (χ1) is 14.6. The van der Waals surface area contributed by atoms with Crippen molar-refractivity contribution in [3.8, 4) is 0 Å². The third kappa shape index (κ3) is 8.36. The molecule has 0 saturated carbocycles. The molecule has 0 spiro atoms. The third-order valence-corrected chi connectivity index (χ3v) is 4.38. The van der Waals surface area contributed by atoms with E-state index in [0.717, 1.165) is 23.2 Å². The Kier molecular flexibility index (Phi) is 9.95. The van der Waals surface area contributed by atoms with Gasteiger partial charge >= 0.3 is 0 Å². The summed E-state index contributed by atoms with van der Waals surface area (Å²) in [6.45, 7) is 1.40. The number of aromatic nitrogens is 2. The van der Waals surface area contributed by atoms with Crippen LogP contribution in [0.5, 0.6) is 0 Å². The van der Waals surface area contributed by atoms with Crippen molar-refractivity contribution in [2.45, 2.75) is 19.5 Å². The van der Waals surface area contributed by atoms with E-state index in [-0.39, 0.29) is 42.2 Å². The van der Waals surface area contributed by atoms with Crippen molar-refractivity contribution >= 4 is 41.5 Å². The summed E-state index contributed by atoms with van der Waals surface area (Å²) in [5, 5.41) is 13.4. The normalized spacial score (nSPS) is 10.8. The molecule has 1 amide bonds. The van der Waals surface area contributed by atoms with Gasteiger partial charge in [0.15, 0.2) is 5.96 Å². The van der Waals surface area contributed by atoms with Crippen LogP contribution in [0.4, 0.5) is 10.1 Å². The Hall–Kier alpha value is -2.95. The maximum absolute atomic E-state index is 13.0. The average molecular weight is 536 g/mol. The summed E-state index contributed by atoms with van der Waals surface area (Å²) in [7, 11) is 1.71. The Bertz CT molecular complexity index is 976. The highest BCUT2D eigenvalue weighted by Crippen LogP contribution is 2.11. The zero-order valence-corrected chi connectivity index (χ0v) is 19.5. The number of carbonyl (C=O) groups is 1. The van der Waals surface area contributed by atoms with Gasteiger partial charge in [0, 0.05) is 38.2 Å². The van der Waals surface area contributed by atoms with Crippen LogP contribution in [-0.4, -0.2) is 35.2 Å². The highest BCUT2D eigenvalue weighted by Gasteiger charge is 2.05. The lowest BCUT2D eigenvalue weighted by atomic mass is 10.1. The highest BCUT2D eigenvalue weighted by molar-refractivity contribution is 14.0. The fourth-order valence-electron chi connectivity index (χ4n) is 2.88. The molecule has 0 aliphatic rings. The lowest BCUT2D eigenvalue weighted by Crippen LogP contribution is -2.37. The molecule has 0 atom stereocenters.